The van der Waals surface area contributed by atoms with Gasteiger partial charge in [0.1, 0.15) is 5.75 Å². The van der Waals surface area contributed by atoms with E-state index in [2.05, 4.69) is 17.4 Å². The molecule has 0 unspecified atom stereocenters. The van der Waals surface area contributed by atoms with Gasteiger partial charge in [0.05, 0.1) is 18.5 Å². The number of aromatic nitrogens is 2. The molecule has 0 radical (unpaired) electrons. The predicted molar refractivity (Wildman–Crippen MR) is 124 cm³/mol. The quantitative estimate of drug-likeness (QED) is 0.432. The number of rotatable bonds is 6. The Labute approximate surface area is 186 Å². The van der Waals surface area contributed by atoms with E-state index in [0.717, 1.165) is 22.5 Å². The summed E-state index contributed by atoms with van der Waals surface area (Å²) in [5.74, 6) is 0.949. The molecule has 5 nitrogen and oxygen atoms in total. The molecular weight excluding hydrogens is 410 g/mol. The van der Waals surface area contributed by atoms with Crippen molar-refractivity contribution in [3.8, 4) is 17.0 Å². The number of nitrogens with zero attached hydrogens (tertiary/aromatic N) is 2. The molecule has 0 atom stereocenters. The van der Waals surface area contributed by atoms with Crippen molar-refractivity contribution >= 4 is 23.5 Å². The highest BCUT2D eigenvalue weighted by Crippen LogP contribution is 2.29. The standard InChI is InChI=1S/C25H22ClN3O2/c1-29-23(18-8-12-20(26)13-9-18)22(16-17-6-4-3-5-7-17)27-25(29)28-24(30)19-10-14-21(31-2)15-11-19/h3-15H,16H2,1-2H3,(H,27,28,30). The molecule has 1 N–H and O–H groups in total. The maximum atomic E-state index is 12.8. The summed E-state index contributed by atoms with van der Waals surface area (Å²) in [6.07, 6.45) is 0.644. The van der Waals surface area contributed by atoms with E-state index in [-0.39, 0.29) is 5.91 Å². The van der Waals surface area contributed by atoms with Gasteiger partial charge in [0.2, 0.25) is 5.95 Å². The fraction of sp³-hybridized carbons (Fsp3) is 0.120. The molecule has 0 saturated heterocycles. The highest BCUT2D eigenvalue weighted by Gasteiger charge is 2.19. The molecule has 0 spiro atoms. The largest absolute Gasteiger partial charge is 0.497 e. The van der Waals surface area contributed by atoms with Gasteiger partial charge in [-0.15, -0.1) is 0 Å². The summed E-state index contributed by atoms with van der Waals surface area (Å²) in [6.45, 7) is 0. The Morgan fingerprint density at radius 3 is 2.32 bits per heavy atom. The highest BCUT2D eigenvalue weighted by molar-refractivity contribution is 6.30. The van der Waals surface area contributed by atoms with E-state index >= 15 is 0 Å². The number of ether oxygens (including phenoxy) is 1. The normalized spacial score (nSPS) is 10.7. The van der Waals surface area contributed by atoms with Crippen molar-refractivity contribution in [2.75, 3.05) is 12.4 Å². The van der Waals surface area contributed by atoms with E-state index in [1.165, 1.54) is 0 Å². The molecular formula is C25H22ClN3O2. The summed E-state index contributed by atoms with van der Waals surface area (Å²) in [7, 11) is 3.49. The van der Waals surface area contributed by atoms with Crippen LogP contribution in [0.2, 0.25) is 5.02 Å². The fourth-order valence-corrected chi connectivity index (χ4v) is 3.59. The molecule has 1 heterocycles. The van der Waals surface area contributed by atoms with E-state index in [0.29, 0.717) is 28.7 Å². The Morgan fingerprint density at radius 2 is 1.68 bits per heavy atom. The van der Waals surface area contributed by atoms with Gasteiger partial charge in [-0.3, -0.25) is 10.1 Å². The van der Waals surface area contributed by atoms with Crippen LogP contribution in [0.1, 0.15) is 21.6 Å². The minimum absolute atomic E-state index is 0.232. The van der Waals surface area contributed by atoms with E-state index < -0.39 is 0 Å². The zero-order chi connectivity index (χ0) is 21.8. The number of hydrogen-bond donors (Lipinski definition) is 1. The average Bonchev–Trinajstić information content (AvgIpc) is 3.09. The van der Waals surface area contributed by atoms with Gasteiger partial charge in [0, 0.05) is 29.6 Å². The smallest absolute Gasteiger partial charge is 0.257 e. The third-order valence-electron chi connectivity index (χ3n) is 5.08. The second kappa shape index (κ2) is 9.06. The minimum atomic E-state index is -0.232. The van der Waals surface area contributed by atoms with Crippen LogP contribution >= 0.6 is 11.6 Å². The van der Waals surface area contributed by atoms with Gasteiger partial charge in [0.15, 0.2) is 0 Å². The van der Waals surface area contributed by atoms with Crippen LogP contribution in [0.25, 0.3) is 11.3 Å². The maximum absolute atomic E-state index is 12.8. The summed E-state index contributed by atoms with van der Waals surface area (Å²) >= 11 is 6.08. The molecule has 0 aliphatic carbocycles. The summed E-state index contributed by atoms with van der Waals surface area (Å²) in [6, 6.07) is 24.7. The average molecular weight is 432 g/mol. The first-order chi connectivity index (χ1) is 15.0. The molecule has 0 fully saturated rings. The molecule has 0 aliphatic heterocycles. The molecule has 156 valence electrons. The topological polar surface area (TPSA) is 56.1 Å². The Bertz CT molecular complexity index is 1180. The molecule has 4 aromatic rings. The number of nitrogens with one attached hydrogen (secondary N) is 1. The van der Waals surface area contributed by atoms with Crippen LogP contribution in [-0.2, 0) is 13.5 Å². The van der Waals surface area contributed by atoms with Crippen molar-refractivity contribution in [1.82, 2.24) is 9.55 Å². The number of benzene rings is 3. The van der Waals surface area contributed by atoms with Crippen molar-refractivity contribution in [2.45, 2.75) is 6.42 Å². The highest BCUT2D eigenvalue weighted by atomic mass is 35.5. The second-order valence-corrected chi connectivity index (χ2v) is 7.58. The number of halogens is 1. The van der Waals surface area contributed by atoms with Gasteiger partial charge in [-0.1, -0.05) is 54.1 Å². The lowest BCUT2D eigenvalue weighted by Gasteiger charge is -2.09. The Morgan fingerprint density at radius 1 is 1.00 bits per heavy atom. The maximum Gasteiger partial charge on any atom is 0.257 e. The lowest BCUT2D eigenvalue weighted by Crippen LogP contribution is -2.15. The van der Waals surface area contributed by atoms with Gasteiger partial charge < -0.3 is 9.30 Å². The third-order valence-corrected chi connectivity index (χ3v) is 5.33. The van der Waals surface area contributed by atoms with Gasteiger partial charge in [-0.05, 0) is 42.0 Å². The number of amides is 1. The Balaban J connectivity index is 1.69. The van der Waals surface area contributed by atoms with Crippen molar-refractivity contribution in [1.29, 1.82) is 0 Å². The van der Waals surface area contributed by atoms with Crippen LogP contribution in [0.4, 0.5) is 5.95 Å². The molecule has 4 rings (SSSR count). The van der Waals surface area contributed by atoms with Gasteiger partial charge in [-0.2, -0.15) is 0 Å². The lowest BCUT2D eigenvalue weighted by atomic mass is 10.0. The number of anilines is 1. The van der Waals surface area contributed by atoms with Crippen molar-refractivity contribution < 1.29 is 9.53 Å². The second-order valence-electron chi connectivity index (χ2n) is 7.14. The molecule has 0 bridgehead atoms. The Hall–Kier alpha value is -3.57. The molecule has 1 aromatic heterocycles. The number of carbonyl (C=O) groups is 1. The minimum Gasteiger partial charge on any atom is -0.497 e. The summed E-state index contributed by atoms with van der Waals surface area (Å²) < 4.78 is 7.07. The fourth-order valence-electron chi connectivity index (χ4n) is 3.46. The monoisotopic (exact) mass is 431 g/mol. The van der Waals surface area contributed by atoms with Gasteiger partial charge in [0.25, 0.3) is 5.91 Å². The number of methoxy groups -OCH3 is 1. The summed E-state index contributed by atoms with van der Waals surface area (Å²) in [5.41, 5.74) is 4.46. The first kappa shape index (κ1) is 20.7. The Kier molecular flexibility index (Phi) is 6.05. The molecule has 6 heteroatoms. The molecule has 31 heavy (non-hydrogen) atoms. The molecule has 3 aromatic carbocycles. The summed E-state index contributed by atoms with van der Waals surface area (Å²) in [4.78, 5) is 17.6. The molecule has 0 saturated carbocycles. The van der Waals surface area contributed by atoms with E-state index in [1.54, 1.807) is 31.4 Å². The lowest BCUT2D eigenvalue weighted by molar-refractivity contribution is 0.102. The van der Waals surface area contributed by atoms with Crippen LogP contribution in [0.15, 0.2) is 78.9 Å². The first-order valence-corrected chi connectivity index (χ1v) is 10.2. The van der Waals surface area contributed by atoms with Crippen molar-refractivity contribution in [3.63, 3.8) is 0 Å². The molecule has 1 amide bonds. The van der Waals surface area contributed by atoms with Crippen LogP contribution in [-0.4, -0.2) is 22.6 Å². The first-order valence-electron chi connectivity index (χ1n) is 9.86. The van der Waals surface area contributed by atoms with Crippen LogP contribution < -0.4 is 10.1 Å². The predicted octanol–water partition coefficient (Wildman–Crippen LogP) is 5.59. The van der Waals surface area contributed by atoms with Crippen molar-refractivity contribution in [3.05, 3.63) is 101 Å². The summed E-state index contributed by atoms with van der Waals surface area (Å²) in [5, 5.41) is 3.61. The zero-order valence-corrected chi connectivity index (χ0v) is 18.1. The zero-order valence-electron chi connectivity index (χ0n) is 17.3. The number of imidazole rings is 1. The van der Waals surface area contributed by atoms with Crippen LogP contribution in [0.3, 0.4) is 0 Å². The van der Waals surface area contributed by atoms with Gasteiger partial charge in [-0.25, -0.2) is 4.98 Å². The van der Waals surface area contributed by atoms with Crippen LogP contribution in [0, 0.1) is 0 Å². The third kappa shape index (κ3) is 4.62. The number of hydrogen-bond acceptors (Lipinski definition) is 3. The van der Waals surface area contributed by atoms with E-state index in [4.69, 9.17) is 21.3 Å². The number of carbonyl (C=O) groups excluding carboxylic acids is 1. The van der Waals surface area contributed by atoms with Crippen LogP contribution in [0.5, 0.6) is 5.75 Å². The van der Waals surface area contributed by atoms with E-state index in [9.17, 15) is 4.79 Å². The van der Waals surface area contributed by atoms with Gasteiger partial charge >= 0.3 is 0 Å². The SMILES string of the molecule is COc1ccc(C(=O)Nc2nc(Cc3ccccc3)c(-c3ccc(Cl)cc3)n2C)cc1. The molecule has 0 aliphatic rings. The van der Waals surface area contributed by atoms with E-state index in [1.807, 2.05) is 54.1 Å². The van der Waals surface area contributed by atoms with Crippen molar-refractivity contribution in [2.24, 2.45) is 7.05 Å².